The molecule has 0 radical (unpaired) electrons. The van der Waals surface area contributed by atoms with Crippen LogP contribution in [0.4, 0.5) is 0 Å². The second kappa shape index (κ2) is 6.90. The lowest BCUT2D eigenvalue weighted by atomic mass is 9.96. The fourth-order valence-corrected chi connectivity index (χ4v) is 2.52. The zero-order valence-corrected chi connectivity index (χ0v) is 13.5. The molecular formula is C18H24N2O2. The summed E-state index contributed by atoms with van der Waals surface area (Å²) in [5, 5.41) is 0. The maximum absolute atomic E-state index is 12.8. The molecule has 0 saturated carbocycles. The van der Waals surface area contributed by atoms with Gasteiger partial charge < -0.3 is 15.0 Å². The molecule has 2 N–H and O–H groups in total. The predicted octanol–water partition coefficient (Wildman–Crippen LogP) is 2.75. The summed E-state index contributed by atoms with van der Waals surface area (Å²) in [5.41, 5.74) is 8.02. The number of ether oxygens (including phenoxy) is 1. The van der Waals surface area contributed by atoms with E-state index in [1.807, 2.05) is 56.3 Å². The first kappa shape index (κ1) is 16.5. The molecule has 0 saturated heterocycles. The topological polar surface area (TPSA) is 57.2 Å². The predicted molar refractivity (Wildman–Crippen MR) is 89.8 cm³/mol. The highest BCUT2D eigenvalue weighted by Gasteiger charge is 2.20. The number of nitrogens with zero attached hydrogens (tertiary/aromatic N) is 1. The smallest absolute Gasteiger partial charge is 0.256 e. The Hall–Kier alpha value is -1.91. The lowest BCUT2D eigenvalue weighted by Gasteiger charge is -2.22. The summed E-state index contributed by atoms with van der Waals surface area (Å²) < 4.78 is 6.91. The zero-order valence-electron chi connectivity index (χ0n) is 13.5. The number of nitrogens with two attached hydrogens (primary N) is 1. The van der Waals surface area contributed by atoms with Crippen LogP contribution in [0.2, 0.25) is 0 Å². The molecule has 118 valence electrons. The standard InChI is InChI=1S/C18H24N2O2/c1-18(2,19)15-10-11-16(14-8-5-4-6-9-14)20(17(15)21)12-7-13-22-3/h4-6,8-11H,7,12-13,19H2,1-3H3. The molecular weight excluding hydrogens is 276 g/mol. The lowest BCUT2D eigenvalue weighted by molar-refractivity contribution is 0.190. The molecule has 0 bridgehead atoms. The summed E-state index contributed by atoms with van der Waals surface area (Å²) in [6.07, 6.45) is 0.782. The normalized spacial score (nSPS) is 11.6. The fourth-order valence-electron chi connectivity index (χ4n) is 2.52. The maximum Gasteiger partial charge on any atom is 0.256 e. The molecule has 4 heteroatoms. The van der Waals surface area contributed by atoms with E-state index in [1.165, 1.54) is 0 Å². The minimum absolute atomic E-state index is 0.0232. The van der Waals surface area contributed by atoms with Crippen molar-refractivity contribution in [3.8, 4) is 11.3 Å². The van der Waals surface area contributed by atoms with Gasteiger partial charge in [0, 0.05) is 31.4 Å². The fraction of sp³-hybridized carbons (Fsp3) is 0.389. The Bertz CT molecular complexity index is 670. The molecule has 0 amide bonds. The van der Waals surface area contributed by atoms with Crippen LogP contribution in [0, 0.1) is 0 Å². The van der Waals surface area contributed by atoms with E-state index >= 15 is 0 Å². The number of methoxy groups -OCH3 is 1. The van der Waals surface area contributed by atoms with E-state index in [-0.39, 0.29) is 5.56 Å². The highest BCUT2D eigenvalue weighted by Crippen LogP contribution is 2.21. The SMILES string of the molecule is COCCCn1c(-c2ccccc2)ccc(C(C)(C)N)c1=O. The summed E-state index contributed by atoms with van der Waals surface area (Å²) >= 11 is 0. The van der Waals surface area contributed by atoms with Gasteiger partial charge in [-0.2, -0.15) is 0 Å². The Morgan fingerprint density at radius 2 is 1.82 bits per heavy atom. The van der Waals surface area contributed by atoms with Gasteiger partial charge in [0.1, 0.15) is 0 Å². The van der Waals surface area contributed by atoms with Gasteiger partial charge in [-0.3, -0.25) is 4.79 Å². The number of benzene rings is 1. The van der Waals surface area contributed by atoms with Crippen LogP contribution < -0.4 is 11.3 Å². The van der Waals surface area contributed by atoms with Gasteiger partial charge in [-0.05, 0) is 38.0 Å². The average molecular weight is 300 g/mol. The third kappa shape index (κ3) is 3.64. The van der Waals surface area contributed by atoms with Crippen LogP contribution in [-0.4, -0.2) is 18.3 Å². The van der Waals surface area contributed by atoms with Crippen LogP contribution in [-0.2, 0) is 16.8 Å². The molecule has 0 atom stereocenters. The second-order valence-electron chi connectivity index (χ2n) is 6.02. The summed E-state index contributed by atoms with van der Waals surface area (Å²) in [5.74, 6) is 0. The third-order valence-corrected chi connectivity index (χ3v) is 3.67. The van der Waals surface area contributed by atoms with Gasteiger partial charge in [-0.15, -0.1) is 0 Å². The zero-order chi connectivity index (χ0) is 16.2. The minimum atomic E-state index is -0.657. The summed E-state index contributed by atoms with van der Waals surface area (Å²) in [6.45, 7) is 4.94. The van der Waals surface area contributed by atoms with E-state index in [0.29, 0.717) is 18.7 Å². The molecule has 2 rings (SSSR count). The summed E-state index contributed by atoms with van der Waals surface area (Å²) in [6, 6.07) is 13.8. The Balaban J connectivity index is 2.54. The molecule has 0 aliphatic carbocycles. The number of hydrogen-bond acceptors (Lipinski definition) is 3. The van der Waals surface area contributed by atoms with Crippen LogP contribution in [0.25, 0.3) is 11.3 Å². The van der Waals surface area contributed by atoms with Crippen molar-refractivity contribution in [3.63, 3.8) is 0 Å². The average Bonchev–Trinajstić information content (AvgIpc) is 2.48. The second-order valence-corrected chi connectivity index (χ2v) is 6.02. The number of rotatable bonds is 6. The van der Waals surface area contributed by atoms with Crippen molar-refractivity contribution in [2.24, 2.45) is 5.73 Å². The van der Waals surface area contributed by atoms with Crippen molar-refractivity contribution in [2.45, 2.75) is 32.4 Å². The van der Waals surface area contributed by atoms with Crippen molar-refractivity contribution in [1.29, 1.82) is 0 Å². The van der Waals surface area contributed by atoms with Crippen LogP contribution in [0.1, 0.15) is 25.8 Å². The van der Waals surface area contributed by atoms with Crippen LogP contribution in [0.3, 0.4) is 0 Å². The molecule has 1 aromatic carbocycles. The number of hydrogen-bond donors (Lipinski definition) is 1. The largest absolute Gasteiger partial charge is 0.385 e. The first-order valence-electron chi connectivity index (χ1n) is 7.52. The van der Waals surface area contributed by atoms with Gasteiger partial charge in [0.25, 0.3) is 5.56 Å². The quantitative estimate of drug-likeness (QED) is 0.835. The Morgan fingerprint density at radius 1 is 1.14 bits per heavy atom. The van der Waals surface area contributed by atoms with Gasteiger partial charge in [0.05, 0.1) is 5.69 Å². The van der Waals surface area contributed by atoms with Crippen molar-refractivity contribution in [2.75, 3.05) is 13.7 Å². The minimum Gasteiger partial charge on any atom is -0.385 e. The lowest BCUT2D eigenvalue weighted by Crippen LogP contribution is -2.38. The molecule has 1 aromatic heterocycles. The molecule has 1 heterocycles. The highest BCUT2D eigenvalue weighted by molar-refractivity contribution is 5.59. The van der Waals surface area contributed by atoms with E-state index in [2.05, 4.69) is 0 Å². The molecule has 4 nitrogen and oxygen atoms in total. The molecule has 22 heavy (non-hydrogen) atoms. The van der Waals surface area contributed by atoms with Crippen LogP contribution in [0.5, 0.6) is 0 Å². The van der Waals surface area contributed by atoms with Crippen LogP contribution in [0.15, 0.2) is 47.3 Å². The van der Waals surface area contributed by atoms with Gasteiger partial charge in [0.2, 0.25) is 0 Å². The summed E-state index contributed by atoms with van der Waals surface area (Å²) in [4.78, 5) is 12.8. The van der Waals surface area contributed by atoms with Crippen molar-refractivity contribution >= 4 is 0 Å². The van der Waals surface area contributed by atoms with Crippen molar-refractivity contribution in [3.05, 3.63) is 58.4 Å². The van der Waals surface area contributed by atoms with Crippen molar-refractivity contribution in [1.82, 2.24) is 4.57 Å². The van der Waals surface area contributed by atoms with Gasteiger partial charge in [-0.25, -0.2) is 0 Å². The molecule has 2 aromatic rings. The Kier molecular flexibility index (Phi) is 5.16. The van der Waals surface area contributed by atoms with E-state index in [4.69, 9.17) is 10.5 Å². The van der Waals surface area contributed by atoms with Gasteiger partial charge >= 0.3 is 0 Å². The van der Waals surface area contributed by atoms with E-state index in [1.54, 1.807) is 11.7 Å². The number of aromatic nitrogens is 1. The molecule has 0 aliphatic heterocycles. The summed E-state index contributed by atoms with van der Waals surface area (Å²) in [7, 11) is 1.67. The highest BCUT2D eigenvalue weighted by atomic mass is 16.5. The Morgan fingerprint density at radius 3 is 2.41 bits per heavy atom. The van der Waals surface area contributed by atoms with Crippen molar-refractivity contribution < 1.29 is 4.74 Å². The molecule has 0 aliphatic rings. The van der Waals surface area contributed by atoms with Gasteiger partial charge in [0.15, 0.2) is 0 Å². The Labute approximate surface area is 131 Å². The molecule has 0 spiro atoms. The van der Waals surface area contributed by atoms with Gasteiger partial charge in [-0.1, -0.05) is 30.3 Å². The monoisotopic (exact) mass is 300 g/mol. The first-order chi connectivity index (χ1) is 10.4. The first-order valence-corrected chi connectivity index (χ1v) is 7.52. The van der Waals surface area contributed by atoms with E-state index in [9.17, 15) is 4.79 Å². The van der Waals surface area contributed by atoms with E-state index in [0.717, 1.165) is 17.7 Å². The number of pyridine rings is 1. The van der Waals surface area contributed by atoms with Crippen LogP contribution >= 0.6 is 0 Å². The maximum atomic E-state index is 12.8. The molecule has 0 unspecified atom stereocenters. The third-order valence-electron chi connectivity index (χ3n) is 3.67. The molecule has 0 fully saturated rings. The van der Waals surface area contributed by atoms with E-state index < -0.39 is 5.54 Å².